The van der Waals surface area contributed by atoms with Crippen LogP contribution in [0.1, 0.15) is 18.9 Å². The van der Waals surface area contributed by atoms with E-state index in [0.29, 0.717) is 6.42 Å². The monoisotopic (exact) mass is 194 g/mol. The van der Waals surface area contributed by atoms with E-state index in [-0.39, 0.29) is 6.04 Å². The summed E-state index contributed by atoms with van der Waals surface area (Å²) in [5.41, 5.74) is 7.88. The van der Waals surface area contributed by atoms with Crippen molar-refractivity contribution in [3.8, 4) is 0 Å². The van der Waals surface area contributed by atoms with Crippen molar-refractivity contribution in [3.63, 3.8) is 0 Å². The van der Waals surface area contributed by atoms with Crippen LogP contribution in [0.4, 0.5) is 4.39 Å². The number of hydrogen-bond donors (Lipinski definition) is 1. The Morgan fingerprint density at radius 1 is 1.64 bits per heavy atom. The van der Waals surface area contributed by atoms with Crippen LogP contribution in [-0.2, 0) is 6.42 Å². The second-order valence-electron chi connectivity index (χ2n) is 3.61. The van der Waals surface area contributed by atoms with Crippen molar-refractivity contribution < 1.29 is 4.39 Å². The van der Waals surface area contributed by atoms with Crippen LogP contribution in [0.5, 0.6) is 0 Å². The number of rotatable bonds is 4. The highest BCUT2D eigenvalue weighted by Gasteiger charge is 2.04. The van der Waals surface area contributed by atoms with Gasteiger partial charge in [-0.05, 0) is 31.4 Å². The molecule has 1 unspecified atom stereocenters. The standard InChI is InChI=1S/C11H15FN2/c1-8(2)5-10(13)6-9-3-4-11(12)14-7-9/h3-4,7,10H,1,5-6,13H2,2H3. The minimum absolute atomic E-state index is 0.0414. The fourth-order valence-electron chi connectivity index (χ4n) is 1.35. The van der Waals surface area contributed by atoms with Crippen LogP contribution >= 0.6 is 0 Å². The Balaban J connectivity index is 2.51. The van der Waals surface area contributed by atoms with E-state index in [4.69, 9.17) is 5.73 Å². The molecular formula is C11H15FN2. The van der Waals surface area contributed by atoms with E-state index in [1.165, 1.54) is 12.3 Å². The largest absolute Gasteiger partial charge is 0.327 e. The molecule has 2 N–H and O–H groups in total. The molecule has 0 amide bonds. The topological polar surface area (TPSA) is 38.9 Å². The third kappa shape index (κ3) is 3.66. The van der Waals surface area contributed by atoms with Gasteiger partial charge in [0.1, 0.15) is 0 Å². The maximum atomic E-state index is 12.5. The van der Waals surface area contributed by atoms with E-state index in [0.717, 1.165) is 17.6 Å². The average molecular weight is 194 g/mol. The van der Waals surface area contributed by atoms with Crippen LogP contribution in [0.25, 0.3) is 0 Å². The van der Waals surface area contributed by atoms with Crippen molar-refractivity contribution in [1.29, 1.82) is 0 Å². The third-order valence-electron chi connectivity index (χ3n) is 1.90. The van der Waals surface area contributed by atoms with E-state index >= 15 is 0 Å². The predicted octanol–water partition coefficient (Wildman–Crippen LogP) is 2.06. The first-order valence-corrected chi connectivity index (χ1v) is 4.58. The summed E-state index contributed by atoms with van der Waals surface area (Å²) >= 11 is 0. The number of nitrogens with two attached hydrogens (primary N) is 1. The second-order valence-corrected chi connectivity index (χ2v) is 3.61. The lowest BCUT2D eigenvalue weighted by atomic mass is 10.0. The molecular weight excluding hydrogens is 179 g/mol. The van der Waals surface area contributed by atoms with Crippen molar-refractivity contribution in [3.05, 3.63) is 42.0 Å². The lowest BCUT2D eigenvalue weighted by molar-refractivity contribution is 0.579. The lowest BCUT2D eigenvalue weighted by Gasteiger charge is -2.10. The summed E-state index contributed by atoms with van der Waals surface area (Å²) in [7, 11) is 0. The van der Waals surface area contributed by atoms with Crippen molar-refractivity contribution in [1.82, 2.24) is 4.98 Å². The van der Waals surface area contributed by atoms with Crippen LogP contribution in [0.2, 0.25) is 0 Å². The fourth-order valence-corrected chi connectivity index (χ4v) is 1.35. The molecule has 14 heavy (non-hydrogen) atoms. The summed E-state index contributed by atoms with van der Waals surface area (Å²) in [6, 6.07) is 3.10. The Bertz CT molecular complexity index is 306. The van der Waals surface area contributed by atoms with Gasteiger partial charge in [0.25, 0.3) is 0 Å². The SMILES string of the molecule is C=C(C)CC(N)Cc1ccc(F)nc1. The molecule has 76 valence electrons. The number of pyridine rings is 1. The summed E-state index contributed by atoms with van der Waals surface area (Å²) in [5.74, 6) is -0.456. The molecule has 0 bridgehead atoms. The van der Waals surface area contributed by atoms with Gasteiger partial charge in [-0.1, -0.05) is 11.6 Å². The van der Waals surface area contributed by atoms with Crippen LogP contribution in [-0.4, -0.2) is 11.0 Å². The zero-order chi connectivity index (χ0) is 10.6. The van der Waals surface area contributed by atoms with Crippen molar-refractivity contribution in [2.24, 2.45) is 5.73 Å². The van der Waals surface area contributed by atoms with E-state index in [9.17, 15) is 4.39 Å². The van der Waals surface area contributed by atoms with Crippen LogP contribution in [0, 0.1) is 5.95 Å². The molecule has 0 aliphatic heterocycles. The highest BCUT2D eigenvalue weighted by molar-refractivity contribution is 5.11. The molecule has 0 saturated carbocycles. The summed E-state index contributed by atoms with van der Waals surface area (Å²) in [6.07, 6.45) is 3.02. The van der Waals surface area contributed by atoms with E-state index < -0.39 is 5.95 Å². The Kier molecular flexibility index (Phi) is 3.77. The van der Waals surface area contributed by atoms with Gasteiger partial charge in [0, 0.05) is 12.2 Å². The minimum Gasteiger partial charge on any atom is -0.327 e. The van der Waals surface area contributed by atoms with E-state index in [2.05, 4.69) is 11.6 Å². The van der Waals surface area contributed by atoms with Crippen LogP contribution in [0.15, 0.2) is 30.5 Å². The highest BCUT2D eigenvalue weighted by Crippen LogP contribution is 2.07. The first-order valence-electron chi connectivity index (χ1n) is 4.58. The third-order valence-corrected chi connectivity index (χ3v) is 1.90. The number of hydrogen-bond acceptors (Lipinski definition) is 2. The van der Waals surface area contributed by atoms with Gasteiger partial charge >= 0.3 is 0 Å². The molecule has 0 spiro atoms. The number of aromatic nitrogens is 1. The maximum Gasteiger partial charge on any atom is 0.212 e. The lowest BCUT2D eigenvalue weighted by Crippen LogP contribution is -2.22. The van der Waals surface area contributed by atoms with Gasteiger partial charge in [-0.25, -0.2) is 4.98 Å². The van der Waals surface area contributed by atoms with Gasteiger partial charge in [0.15, 0.2) is 0 Å². The molecule has 0 radical (unpaired) electrons. The van der Waals surface area contributed by atoms with E-state index in [1.54, 1.807) is 6.07 Å². The van der Waals surface area contributed by atoms with Gasteiger partial charge in [-0.15, -0.1) is 6.58 Å². The van der Waals surface area contributed by atoms with Gasteiger partial charge in [-0.3, -0.25) is 0 Å². The van der Waals surface area contributed by atoms with Gasteiger partial charge < -0.3 is 5.73 Å². The Hall–Kier alpha value is -1.22. The molecule has 3 heteroatoms. The van der Waals surface area contributed by atoms with Gasteiger partial charge in [0.2, 0.25) is 5.95 Å². The minimum atomic E-state index is -0.456. The maximum absolute atomic E-state index is 12.5. The Morgan fingerprint density at radius 2 is 2.36 bits per heavy atom. The molecule has 1 heterocycles. The molecule has 0 aromatic carbocycles. The van der Waals surface area contributed by atoms with Crippen LogP contribution in [0.3, 0.4) is 0 Å². The normalized spacial score (nSPS) is 12.5. The first-order chi connectivity index (χ1) is 6.58. The number of nitrogens with zero attached hydrogens (tertiary/aromatic N) is 1. The van der Waals surface area contributed by atoms with E-state index in [1.807, 2.05) is 6.92 Å². The molecule has 0 fully saturated rings. The van der Waals surface area contributed by atoms with Gasteiger partial charge in [-0.2, -0.15) is 4.39 Å². The summed E-state index contributed by atoms with van der Waals surface area (Å²) in [6.45, 7) is 5.74. The zero-order valence-electron chi connectivity index (χ0n) is 8.33. The molecule has 1 rings (SSSR count). The van der Waals surface area contributed by atoms with Gasteiger partial charge in [0.05, 0.1) is 0 Å². The average Bonchev–Trinajstić information content (AvgIpc) is 2.07. The highest BCUT2D eigenvalue weighted by atomic mass is 19.1. The molecule has 1 aromatic heterocycles. The smallest absolute Gasteiger partial charge is 0.212 e. The summed E-state index contributed by atoms with van der Waals surface area (Å²) in [5, 5.41) is 0. The summed E-state index contributed by atoms with van der Waals surface area (Å²) < 4.78 is 12.5. The predicted molar refractivity (Wildman–Crippen MR) is 55.3 cm³/mol. The molecule has 0 aliphatic rings. The van der Waals surface area contributed by atoms with Crippen molar-refractivity contribution >= 4 is 0 Å². The Morgan fingerprint density at radius 3 is 2.86 bits per heavy atom. The molecule has 0 aliphatic carbocycles. The second kappa shape index (κ2) is 4.86. The van der Waals surface area contributed by atoms with Crippen molar-refractivity contribution in [2.45, 2.75) is 25.8 Å². The zero-order valence-corrected chi connectivity index (χ0v) is 8.33. The Labute approximate surface area is 83.7 Å². The quantitative estimate of drug-likeness (QED) is 0.588. The molecule has 1 atom stereocenters. The molecule has 2 nitrogen and oxygen atoms in total. The summed E-state index contributed by atoms with van der Waals surface area (Å²) in [4.78, 5) is 3.57. The van der Waals surface area contributed by atoms with Crippen LogP contribution < -0.4 is 5.73 Å². The number of halogens is 1. The van der Waals surface area contributed by atoms with Crippen molar-refractivity contribution in [2.75, 3.05) is 0 Å². The fraction of sp³-hybridized carbons (Fsp3) is 0.364. The molecule has 1 aromatic rings. The first kappa shape index (κ1) is 10.9. The molecule has 0 saturated heterocycles.